The highest BCUT2D eigenvalue weighted by Crippen LogP contribution is 2.07. The van der Waals surface area contributed by atoms with E-state index in [1.54, 1.807) is 6.20 Å². The maximum atomic E-state index is 5.28. The topological polar surface area (TPSA) is 22.1 Å². The maximum absolute atomic E-state index is 5.28. The lowest BCUT2D eigenvalue weighted by Crippen LogP contribution is -1.83. The summed E-state index contributed by atoms with van der Waals surface area (Å²) in [5, 5.41) is 0. The van der Waals surface area contributed by atoms with Crippen LogP contribution >= 0.6 is 0 Å². The summed E-state index contributed by atoms with van der Waals surface area (Å²) in [5.41, 5.74) is 1.96. The molecule has 1 aliphatic rings. The Balaban J connectivity index is 2.16. The number of aromatic nitrogens is 1. The summed E-state index contributed by atoms with van der Waals surface area (Å²) < 4.78 is 5.28. The molecule has 1 aromatic heterocycles. The van der Waals surface area contributed by atoms with Crippen molar-refractivity contribution in [2.75, 3.05) is 6.61 Å². The van der Waals surface area contributed by atoms with E-state index in [2.05, 4.69) is 16.8 Å². The van der Waals surface area contributed by atoms with Crippen molar-refractivity contribution in [3.8, 4) is 11.8 Å². The molecule has 0 amide bonds. The maximum Gasteiger partial charge on any atom is 0.166 e. The van der Waals surface area contributed by atoms with E-state index in [4.69, 9.17) is 4.74 Å². The molecule has 0 saturated carbocycles. The summed E-state index contributed by atoms with van der Waals surface area (Å²) in [7, 11) is 0. The average Bonchev–Trinajstić information content (AvgIpc) is 2.67. The smallest absolute Gasteiger partial charge is 0.166 e. The lowest BCUT2D eigenvalue weighted by molar-refractivity contribution is 0.260. The molecule has 14 heavy (non-hydrogen) atoms. The highest BCUT2D eigenvalue weighted by molar-refractivity contribution is 5.39. The number of hydrogen-bond donors (Lipinski definition) is 0. The Labute approximate surface area is 83.6 Å². The second-order valence-corrected chi connectivity index (χ2v) is 3.14. The first-order valence-corrected chi connectivity index (χ1v) is 4.62. The van der Waals surface area contributed by atoms with Gasteiger partial charge in [0.15, 0.2) is 5.76 Å². The number of rotatable bonds is 0. The standard InChI is InChI=1S/C12H11NO/c1-10-9-11(6-7-13-10)4-5-12-3-2-8-14-12/h3,6-7,9H,2,8H2,1H3. The second kappa shape index (κ2) is 3.97. The first kappa shape index (κ1) is 8.83. The number of aryl methyl sites for hydroxylation is 1. The Morgan fingerprint density at radius 3 is 3.07 bits per heavy atom. The van der Waals surface area contributed by atoms with E-state index in [-0.39, 0.29) is 0 Å². The van der Waals surface area contributed by atoms with Crippen LogP contribution in [-0.2, 0) is 4.74 Å². The van der Waals surface area contributed by atoms with E-state index in [0.717, 1.165) is 30.0 Å². The molecule has 0 radical (unpaired) electrons. The second-order valence-electron chi connectivity index (χ2n) is 3.14. The van der Waals surface area contributed by atoms with Gasteiger partial charge in [0.25, 0.3) is 0 Å². The van der Waals surface area contributed by atoms with Crippen LogP contribution in [0.15, 0.2) is 30.2 Å². The molecule has 0 fully saturated rings. The van der Waals surface area contributed by atoms with Crippen molar-refractivity contribution in [1.29, 1.82) is 0 Å². The van der Waals surface area contributed by atoms with Gasteiger partial charge >= 0.3 is 0 Å². The highest BCUT2D eigenvalue weighted by Gasteiger charge is 2.00. The average molecular weight is 185 g/mol. The third kappa shape index (κ3) is 2.14. The quantitative estimate of drug-likeness (QED) is 0.577. The molecule has 2 heteroatoms. The summed E-state index contributed by atoms with van der Waals surface area (Å²) in [6.07, 6.45) is 4.75. The fourth-order valence-corrected chi connectivity index (χ4v) is 1.26. The monoisotopic (exact) mass is 185 g/mol. The molecule has 0 bridgehead atoms. The van der Waals surface area contributed by atoms with Gasteiger partial charge in [-0.1, -0.05) is 5.92 Å². The summed E-state index contributed by atoms with van der Waals surface area (Å²) in [4.78, 5) is 4.11. The molecule has 0 aliphatic carbocycles. The molecule has 1 aliphatic heterocycles. The number of allylic oxidation sites excluding steroid dienone is 1. The lowest BCUT2D eigenvalue weighted by atomic mass is 10.2. The van der Waals surface area contributed by atoms with Crippen molar-refractivity contribution < 1.29 is 4.74 Å². The van der Waals surface area contributed by atoms with Gasteiger partial charge in [0, 0.05) is 23.9 Å². The van der Waals surface area contributed by atoms with Crippen LogP contribution in [0.2, 0.25) is 0 Å². The molecular weight excluding hydrogens is 174 g/mol. The minimum absolute atomic E-state index is 0.763. The molecule has 0 unspecified atom stereocenters. The molecule has 2 rings (SSSR count). The summed E-state index contributed by atoms with van der Waals surface area (Å²) in [6.45, 7) is 2.72. The van der Waals surface area contributed by atoms with Gasteiger partial charge in [-0.05, 0) is 31.1 Å². The Morgan fingerprint density at radius 2 is 2.36 bits per heavy atom. The third-order valence-corrected chi connectivity index (χ3v) is 1.93. The summed E-state index contributed by atoms with van der Waals surface area (Å²) >= 11 is 0. The van der Waals surface area contributed by atoms with Gasteiger partial charge < -0.3 is 4.74 Å². The molecule has 2 nitrogen and oxygen atoms in total. The van der Waals surface area contributed by atoms with Crippen molar-refractivity contribution in [2.45, 2.75) is 13.3 Å². The molecule has 1 aromatic rings. The lowest BCUT2D eigenvalue weighted by Gasteiger charge is -1.93. The molecule has 0 aromatic carbocycles. The van der Waals surface area contributed by atoms with Gasteiger partial charge in [-0.15, -0.1) is 0 Å². The Hall–Kier alpha value is -1.75. The Bertz CT molecular complexity index is 423. The largest absolute Gasteiger partial charge is 0.485 e. The molecule has 0 spiro atoms. The van der Waals surface area contributed by atoms with Gasteiger partial charge in [0.2, 0.25) is 0 Å². The molecule has 70 valence electrons. The van der Waals surface area contributed by atoms with Crippen LogP contribution in [0.25, 0.3) is 0 Å². The van der Waals surface area contributed by atoms with E-state index < -0.39 is 0 Å². The zero-order chi connectivity index (χ0) is 9.80. The van der Waals surface area contributed by atoms with E-state index in [9.17, 15) is 0 Å². The van der Waals surface area contributed by atoms with Gasteiger partial charge in [0.1, 0.15) is 0 Å². The fourth-order valence-electron chi connectivity index (χ4n) is 1.26. The minimum atomic E-state index is 0.763. The molecule has 2 heterocycles. The van der Waals surface area contributed by atoms with E-state index in [1.807, 2.05) is 25.1 Å². The van der Waals surface area contributed by atoms with Gasteiger partial charge in [-0.2, -0.15) is 0 Å². The normalized spacial score (nSPS) is 13.9. The zero-order valence-corrected chi connectivity index (χ0v) is 8.08. The fraction of sp³-hybridized carbons (Fsp3) is 0.250. The Morgan fingerprint density at radius 1 is 1.43 bits per heavy atom. The van der Waals surface area contributed by atoms with Crippen LogP contribution in [0, 0.1) is 18.8 Å². The number of nitrogens with zero attached hydrogens (tertiary/aromatic N) is 1. The van der Waals surface area contributed by atoms with Crippen molar-refractivity contribution >= 4 is 0 Å². The minimum Gasteiger partial charge on any atom is -0.485 e. The van der Waals surface area contributed by atoms with E-state index in [1.165, 1.54) is 0 Å². The first-order chi connectivity index (χ1) is 6.84. The van der Waals surface area contributed by atoms with Gasteiger partial charge in [-0.3, -0.25) is 4.98 Å². The third-order valence-electron chi connectivity index (χ3n) is 1.93. The summed E-state index contributed by atoms with van der Waals surface area (Å²) in [5.74, 6) is 6.82. The van der Waals surface area contributed by atoms with Crippen LogP contribution in [0.5, 0.6) is 0 Å². The summed E-state index contributed by atoms with van der Waals surface area (Å²) in [6, 6.07) is 3.86. The van der Waals surface area contributed by atoms with Gasteiger partial charge in [0.05, 0.1) is 6.61 Å². The van der Waals surface area contributed by atoms with E-state index in [0.29, 0.717) is 0 Å². The van der Waals surface area contributed by atoms with Crippen LogP contribution in [0.3, 0.4) is 0 Å². The van der Waals surface area contributed by atoms with Gasteiger partial charge in [-0.25, -0.2) is 0 Å². The predicted octanol–water partition coefficient (Wildman–Crippen LogP) is 2.05. The number of pyridine rings is 1. The SMILES string of the molecule is Cc1cc(C#CC2=CCCO2)ccn1. The van der Waals surface area contributed by atoms with E-state index >= 15 is 0 Å². The van der Waals surface area contributed by atoms with Crippen LogP contribution in [-0.4, -0.2) is 11.6 Å². The van der Waals surface area contributed by atoms with Crippen molar-refractivity contribution in [3.63, 3.8) is 0 Å². The predicted molar refractivity (Wildman–Crippen MR) is 54.5 cm³/mol. The Kier molecular flexibility index (Phi) is 2.51. The van der Waals surface area contributed by atoms with Crippen molar-refractivity contribution in [3.05, 3.63) is 41.4 Å². The highest BCUT2D eigenvalue weighted by atomic mass is 16.5. The first-order valence-electron chi connectivity index (χ1n) is 4.62. The molecular formula is C12H11NO. The van der Waals surface area contributed by atoms with Crippen LogP contribution < -0.4 is 0 Å². The molecule has 0 N–H and O–H groups in total. The van der Waals surface area contributed by atoms with Crippen molar-refractivity contribution in [1.82, 2.24) is 4.98 Å². The van der Waals surface area contributed by atoms with Crippen LogP contribution in [0.4, 0.5) is 0 Å². The zero-order valence-electron chi connectivity index (χ0n) is 8.08. The number of ether oxygens (including phenoxy) is 1. The molecule has 0 saturated heterocycles. The van der Waals surface area contributed by atoms with Crippen molar-refractivity contribution in [2.24, 2.45) is 0 Å². The number of hydrogen-bond acceptors (Lipinski definition) is 2. The van der Waals surface area contributed by atoms with Crippen LogP contribution in [0.1, 0.15) is 17.7 Å². The molecule has 0 atom stereocenters.